The molecule has 0 rings (SSSR count). The Morgan fingerprint density at radius 1 is 0.909 bits per heavy atom. The van der Waals surface area contributed by atoms with Gasteiger partial charge in [-0.1, -0.05) is 46.0 Å². The fraction of sp³-hybridized carbons (Fsp3) is 1.00. The van der Waals surface area contributed by atoms with Crippen molar-refractivity contribution in [3.8, 4) is 0 Å². The van der Waals surface area contributed by atoms with E-state index in [1.54, 1.807) is 0 Å². The maximum Gasteiger partial charge on any atom is 0.0223 e. The molecule has 0 aromatic rings. The molecule has 0 fully saturated rings. The van der Waals surface area contributed by atoms with Crippen LogP contribution >= 0.6 is 11.6 Å². The summed E-state index contributed by atoms with van der Waals surface area (Å²) in [5, 5.41) is 0. The van der Waals surface area contributed by atoms with Crippen LogP contribution in [0.2, 0.25) is 0 Å². The number of alkyl halides is 1. The molecule has 11 heavy (non-hydrogen) atoms. The number of hydrogen-bond acceptors (Lipinski definition) is 0. The highest BCUT2D eigenvalue weighted by Gasteiger charge is 1.93. The molecule has 0 unspecified atom stereocenters. The molecule has 0 aliphatic heterocycles. The molecule has 0 nitrogen and oxygen atoms in total. The summed E-state index contributed by atoms with van der Waals surface area (Å²) in [5.74, 6) is 1.72. The van der Waals surface area contributed by atoms with Crippen molar-refractivity contribution in [3.63, 3.8) is 0 Å². The van der Waals surface area contributed by atoms with Gasteiger partial charge in [0.1, 0.15) is 0 Å². The predicted octanol–water partition coefficient (Wildman–Crippen LogP) is 4.22. The smallest absolute Gasteiger partial charge is 0.0223 e. The van der Waals surface area contributed by atoms with E-state index in [0.29, 0.717) is 0 Å². The SMILES string of the molecule is CC(C)CCCCCCCCl. The van der Waals surface area contributed by atoms with E-state index >= 15 is 0 Å². The molecule has 0 aromatic carbocycles. The van der Waals surface area contributed by atoms with Crippen molar-refractivity contribution >= 4 is 11.6 Å². The quantitative estimate of drug-likeness (QED) is 0.403. The summed E-state index contributed by atoms with van der Waals surface area (Å²) < 4.78 is 0. The molecule has 0 aliphatic rings. The average molecular weight is 177 g/mol. The fourth-order valence-electron chi connectivity index (χ4n) is 1.18. The molecule has 0 heterocycles. The van der Waals surface area contributed by atoms with Crippen molar-refractivity contribution in [2.45, 2.75) is 52.4 Å². The Hall–Kier alpha value is 0.290. The van der Waals surface area contributed by atoms with Crippen LogP contribution in [-0.4, -0.2) is 5.88 Å². The first kappa shape index (κ1) is 11.3. The largest absolute Gasteiger partial charge is 0.127 e. The molecule has 0 saturated carbocycles. The molecule has 0 aromatic heterocycles. The minimum absolute atomic E-state index is 0.837. The summed E-state index contributed by atoms with van der Waals surface area (Å²) >= 11 is 5.56. The first-order chi connectivity index (χ1) is 5.27. The second-order valence-electron chi connectivity index (χ2n) is 3.64. The van der Waals surface area contributed by atoms with Gasteiger partial charge >= 0.3 is 0 Å². The van der Waals surface area contributed by atoms with Gasteiger partial charge in [-0.3, -0.25) is 0 Å². The second-order valence-corrected chi connectivity index (χ2v) is 4.02. The monoisotopic (exact) mass is 176 g/mol. The molecule has 0 atom stereocenters. The first-order valence-corrected chi connectivity index (χ1v) is 5.36. The number of hydrogen-bond donors (Lipinski definition) is 0. The lowest BCUT2D eigenvalue weighted by Gasteiger charge is -2.03. The van der Waals surface area contributed by atoms with Gasteiger partial charge in [0.2, 0.25) is 0 Å². The van der Waals surface area contributed by atoms with Gasteiger partial charge in [0.15, 0.2) is 0 Å². The highest BCUT2D eigenvalue weighted by molar-refractivity contribution is 6.17. The van der Waals surface area contributed by atoms with E-state index in [0.717, 1.165) is 11.8 Å². The average Bonchev–Trinajstić information content (AvgIpc) is 1.96. The van der Waals surface area contributed by atoms with Crippen LogP contribution in [0.5, 0.6) is 0 Å². The van der Waals surface area contributed by atoms with E-state index in [1.165, 1.54) is 38.5 Å². The number of rotatable bonds is 7. The van der Waals surface area contributed by atoms with Gasteiger partial charge in [0.25, 0.3) is 0 Å². The highest BCUT2D eigenvalue weighted by atomic mass is 35.5. The molecule has 0 bridgehead atoms. The van der Waals surface area contributed by atoms with Gasteiger partial charge in [-0.25, -0.2) is 0 Å². The minimum Gasteiger partial charge on any atom is -0.127 e. The van der Waals surface area contributed by atoms with Crippen LogP contribution in [-0.2, 0) is 0 Å². The van der Waals surface area contributed by atoms with Gasteiger partial charge in [-0.05, 0) is 12.3 Å². The Bertz CT molecular complexity index is 69.3. The van der Waals surface area contributed by atoms with Crippen LogP contribution in [0, 0.1) is 5.92 Å². The summed E-state index contributed by atoms with van der Waals surface area (Å²) in [6.07, 6.45) is 8.08. The molecule has 0 spiro atoms. The predicted molar refractivity (Wildman–Crippen MR) is 53.3 cm³/mol. The van der Waals surface area contributed by atoms with Gasteiger partial charge < -0.3 is 0 Å². The van der Waals surface area contributed by atoms with Gasteiger partial charge in [-0.2, -0.15) is 0 Å². The molecule has 0 aliphatic carbocycles. The maximum absolute atomic E-state index is 5.56. The van der Waals surface area contributed by atoms with Crippen LogP contribution in [0.4, 0.5) is 0 Å². The molecule has 68 valence electrons. The van der Waals surface area contributed by atoms with E-state index < -0.39 is 0 Å². The van der Waals surface area contributed by atoms with E-state index in [-0.39, 0.29) is 0 Å². The van der Waals surface area contributed by atoms with Crippen molar-refractivity contribution in [1.29, 1.82) is 0 Å². The third kappa shape index (κ3) is 10.3. The van der Waals surface area contributed by atoms with E-state index in [4.69, 9.17) is 11.6 Å². The Kier molecular flexibility index (Phi) is 8.61. The summed E-state index contributed by atoms with van der Waals surface area (Å²) in [6, 6.07) is 0. The number of unbranched alkanes of at least 4 members (excludes halogenated alkanes) is 4. The summed E-state index contributed by atoms with van der Waals surface area (Å²) in [7, 11) is 0. The van der Waals surface area contributed by atoms with Crippen LogP contribution in [0.15, 0.2) is 0 Å². The molecule has 1 heteroatoms. The Balaban J connectivity index is 2.80. The summed E-state index contributed by atoms with van der Waals surface area (Å²) in [4.78, 5) is 0. The van der Waals surface area contributed by atoms with Crippen LogP contribution in [0.25, 0.3) is 0 Å². The van der Waals surface area contributed by atoms with Crippen LogP contribution < -0.4 is 0 Å². The molecular formula is C10H21Cl. The van der Waals surface area contributed by atoms with E-state index in [9.17, 15) is 0 Å². The highest BCUT2D eigenvalue weighted by Crippen LogP contribution is 2.10. The number of halogens is 1. The van der Waals surface area contributed by atoms with Gasteiger partial charge in [0.05, 0.1) is 0 Å². The third-order valence-corrected chi connectivity index (χ3v) is 2.18. The van der Waals surface area contributed by atoms with Crippen LogP contribution in [0.3, 0.4) is 0 Å². The van der Waals surface area contributed by atoms with Crippen molar-refractivity contribution < 1.29 is 0 Å². The van der Waals surface area contributed by atoms with Crippen LogP contribution in [0.1, 0.15) is 52.4 Å². The van der Waals surface area contributed by atoms with Crippen molar-refractivity contribution in [2.24, 2.45) is 5.92 Å². The Labute approximate surface area is 76.3 Å². The van der Waals surface area contributed by atoms with E-state index in [1.807, 2.05) is 0 Å². The van der Waals surface area contributed by atoms with Crippen molar-refractivity contribution in [2.75, 3.05) is 5.88 Å². The zero-order valence-electron chi connectivity index (χ0n) is 7.91. The molecular weight excluding hydrogens is 156 g/mol. The zero-order valence-corrected chi connectivity index (χ0v) is 8.66. The molecule has 0 saturated heterocycles. The zero-order chi connectivity index (χ0) is 8.53. The lowest BCUT2D eigenvalue weighted by Crippen LogP contribution is -1.87. The van der Waals surface area contributed by atoms with Gasteiger partial charge in [-0.15, -0.1) is 11.6 Å². The summed E-state index contributed by atoms with van der Waals surface area (Å²) in [6.45, 7) is 4.58. The van der Waals surface area contributed by atoms with Gasteiger partial charge in [0, 0.05) is 5.88 Å². The molecule has 0 amide bonds. The second kappa shape index (κ2) is 8.39. The Morgan fingerprint density at radius 2 is 1.45 bits per heavy atom. The third-order valence-electron chi connectivity index (χ3n) is 1.92. The minimum atomic E-state index is 0.837. The maximum atomic E-state index is 5.56. The lowest BCUT2D eigenvalue weighted by molar-refractivity contribution is 0.519. The molecule has 0 N–H and O–H groups in total. The summed E-state index contributed by atoms with van der Waals surface area (Å²) in [5.41, 5.74) is 0. The van der Waals surface area contributed by atoms with Crippen molar-refractivity contribution in [3.05, 3.63) is 0 Å². The topological polar surface area (TPSA) is 0 Å². The first-order valence-electron chi connectivity index (χ1n) is 4.83. The lowest BCUT2D eigenvalue weighted by atomic mass is 10.0. The standard InChI is InChI=1S/C10H21Cl/c1-10(2)8-6-4-3-5-7-9-11/h10H,3-9H2,1-2H3. The van der Waals surface area contributed by atoms with Crippen molar-refractivity contribution in [1.82, 2.24) is 0 Å². The Morgan fingerprint density at radius 3 is 2.00 bits per heavy atom. The normalized spacial score (nSPS) is 10.9. The van der Waals surface area contributed by atoms with E-state index in [2.05, 4.69) is 13.8 Å². The molecule has 0 radical (unpaired) electrons. The fourth-order valence-corrected chi connectivity index (χ4v) is 1.37.